The van der Waals surface area contributed by atoms with Gasteiger partial charge in [-0.1, -0.05) is 17.7 Å². The van der Waals surface area contributed by atoms with Crippen molar-refractivity contribution in [3.8, 4) is 0 Å². The minimum atomic E-state index is -0.542. The van der Waals surface area contributed by atoms with Gasteiger partial charge in [-0.05, 0) is 60.8 Å². The highest BCUT2D eigenvalue weighted by Crippen LogP contribution is 2.22. The molecule has 1 aliphatic rings. The third-order valence-corrected chi connectivity index (χ3v) is 3.79. The number of benzene rings is 1. The van der Waals surface area contributed by atoms with Crippen LogP contribution in [0.2, 0.25) is 5.02 Å². The average molecular weight is 359 g/mol. The van der Waals surface area contributed by atoms with E-state index < -0.39 is 11.8 Å². The summed E-state index contributed by atoms with van der Waals surface area (Å²) in [7, 11) is 0. The zero-order chi connectivity index (χ0) is 17.1. The number of hydrogen-bond acceptors (Lipinski definition) is 4. The van der Waals surface area contributed by atoms with Crippen LogP contribution in [0.5, 0.6) is 0 Å². The normalized spacial score (nSPS) is 17.0. The molecule has 1 fully saturated rings. The molecule has 1 aliphatic heterocycles. The lowest BCUT2D eigenvalue weighted by atomic mass is 10.1. The molecule has 2 amide bonds. The zero-order valence-electron chi connectivity index (χ0n) is 12.2. The number of furan rings is 1. The molecule has 1 saturated heterocycles. The summed E-state index contributed by atoms with van der Waals surface area (Å²) < 4.78 is 5.15. The van der Waals surface area contributed by atoms with Crippen LogP contribution in [-0.4, -0.2) is 16.9 Å². The second kappa shape index (κ2) is 6.82. The molecule has 1 aromatic heterocycles. The van der Waals surface area contributed by atoms with Gasteiger partial charge in [-0.2, -0.15) is 0 Å². The van der Waals surface area contributed by atoms with Crippen LogP contribution < -0.4 is 10.2 Å². The summed E-state index contributed by atoms with van der Waals surface area (Å²) in [6, 6.07) is 10.1. The molecular weight excluding hydrogens is 348 g/mol. The average Bonchev–Trinajstić information content (AvgIpc) is 3.05. The van der Waals surface area contributed by atoms with E-state index in [1.54, 1.807) is 48.6 Å². The molecule has 0 atom stereocenters. The van der Waals surface area contributed by atoms with Gasteiger partial charge >= 0.3 is 0 Å². The fourth-order valence-electron chi connectivity index (χ4n) is 2.13. The number of anilines is 1. The maximum Gasteiger partial charge on any atom is 0.270 e. The SMILES string of the molecule is O=C1NC(=S)N(c2ccc(Cl)cc2)C(=O)C1=CC=Cc1ccco1. The quantitative estimate of drug-likeness (QED) is 0.519. The van der Waals surface area contributed by atoms with Crippen molar-refractivity contribution >= 4 is 52.5 Å². The van der Waals surface area contributed by atoms with E-state index in [4.69, 9.17) is 28.2 Å². The smallest absolute Gasteiger partial charge is 0.270 e. The van der Waals surface area contributed by atoms with Crippen molar-refractivity contribution < 1.29 is 14.0 Å². The van der Waals surface area contributed by atoms with E-state index in [2.05, 4.69) is 5.32 Å². The standard InChI is InChI=1S/C17H11ClN2O3S/c18-11-6-8-12(9-7-11)20-16(22)14(15(21)19-17(20)24)5-1-3-13-4-2-10-23-13/h1-10H,(H,19,21,24). The third-order valence-electron chi connectivity index (χ3n) is 3.25. The van der Waals surface area contributed by atoms with Crippen LogP contribution >= 0.6 is 23.8 Å². The molecule has 0 aliphatic carbocycles. The molecule has 120 valence electrons. The first-order valence-electron chi connectivity index (χ1n) is 6.93. The van der Waals surface area contributed by atoms with Crippen LogP contribution in [0.3, 0.4) is 0 Å². The molecule has 0 radical (unpaired) electrons. The number of nitrogens with one attached hydrogen (secondary N) is 1. The molecule has 1 N–H and O–H groups in total. The number of carbonyl (C=O) groups excluding carboxylic acids is 2. The molecule has 0 unspecified atom stereocenters. The minimum Gasteiger partial charge on any atom is -0.465 e. The summed E-state index contributed by atoms with van der Waals surface area (Å²) in [5.74, 6) is -0.435. The van der Waals surface area contributed by atoms with Crippen molar-refractivity contribution in [2.24, 2.45) is 0 Å². The number of rotatable bonds is 3. The number of amides is 2. The van der Waals surface area contributed by atoms with E-state index in [1.807, 2.05) is 0 Å². The van der Waals surface area contributed by atoms with Crippen molar-refractivity contribution in [3.05, 3.63) is 71.2 Å². The van der Waals surface area contributed by atoms with Crippen molar-refractivity contribution in [1.29, 1.82) is 0 Å². The summed E-state index contributed by atoms with van der Waals surface area (Å²) in [4.78, 5) is 25.9. The Morgan fingerprint density at radius 1 is 1.17 bits per heavy atom. The van der Waals surface area contributed by atoms with E-state index in [9.17, 15) is 9.59 Å². The highest BCUT2D eigenvalue weighted by Gasteiger charge is 2.33. The topological polar surface area (TPSA) is 62.6 Å². The number of thiocarbonyl (C=S) groups is 1. The van der Waals surface area contributed by atoms with E-state index in [0.29, 0.717) is 16.5 Å². The first kappa shape index (κ1) is 16.2. The third kappa shape index (κ3) is 3.29. The second-order valence-electron chi connectivity index (χ2n) is 4.83. The van der Waals surface area contributed by atoms with Crippen LogP contribution in [0.15, 0.2) is 64.8 Å². The number of hydrogen-bond donors (Lipinski definition) is 1. The molecule has 0 saturated carbocycles. The molecule has 5 nitrogen and oxygen atoms in total. The summed E-state index contributed by atoms with van der Waals surface area (Å²) in [6.45, 7) is 0. The maximum absolute atomic E-state index is 12.6. The van der Waals surface area contributed by atoms with Crippen molar-refractivity contribution in [1.82, 2.24) is 5.32 Å². The van der Waals surface area contributed by atoms with Crippen LogP contribution in [0.1, 0.15) is 5.76 Å². The summed E-state index contributed by atoms with van der Waals surface area (Å²) >= 11 is 11.0. The van der Waals surface area contributed by atoms with E-state index in [-0.39, 0.29) is 10.7 Å². The first-order chi connectivity index (χ1) is 11.6. The number of carbonyl (C=O) groups is 2. The maximum atomic E-state index is 12.6. The van der Waals surface area contributed by atoms with Crippen LogP contribution in [-0.2, 0) is 9.59 Å². The Labute approximate surface area is 148 Å². The molecule has 0 spiro atoms. The van der Waals surface area contributed by atoms with E-state index in [1.165, 1.54) is 17.2 Å². The Hall–Kier alpha value is -2.70. The van der Waals surface area contributed by atoms with Crippen LogP contribution in [0, 0.1) is 0 Å². The molecule has 1 aromatic carbocycles. The fourth-order valence-corrected chi connectivity index (χ4v) is 2.53. The number of allylic oxidation sites excluding steroid dienone is 2. The first-order valence-corrected chi connectivity index (χ1v) is 7.72. The molecule has 3 rings (SSSR count). The van der Waals surface area contributed by atoms with Crippen LogP contribution in [0.4, 0.5) is 5.69 Å². The predicted molar refractivity (Wildman–Crippen MR) is 95.5 cm³/mol. The molecular formula is C17H11ClN2O3S. The Kier molecular flexibility index (Phi) is 4.59. The van der Waals surface area contributed by atoms with Gasteiger partial charge in [0.25, 0.3) is 11.8 Å². The molecule has 2 aromatic rings. The summed E-state index contributed by atoms with van der Waals surface area (Å²) in [6.07, 6.45) is 6.17. The summed E-state index contributed by atoms with van der Waals surface area (Å²) in [5.41, 5.74) is 0.497. The Balaban J connectivity index is 1.89. The van der Waals surface area contributed by atoms with Gasteiger partial charge < -0.3 is 4.42 Å². The van der Waals surface area contributed by atoms with Crippen LogP contribution in [0.25, 0.3) is 6.08 Å². The second-order valence-corrected chi connectivity index (χ2v) is 5.65. The predicted octanol–water partition coefficient (Wildman–Crippen LogP) is 3.32. The van der Waals surface area contributed by atoms with E-state index in [0.717, 1.165) is 0 Å². The highest BCUT2D eigenvalue weighted by molar-refractivity contribution is 7.80. The minimum absolute atomic E-state index is 0.0265. The van der Waals surface area contributed by atoms with Crippen molar-refractivity contribution in [3.63, 3.8) is 0 Å². The Morgan fingerprint density at radius 3 is 2.58 bits per heavy atom. The van der Waals surface area contributed by atoms with Gasteiger partial charge in [-0.3, -0.25) is 19.8 Å². The van der Waals surface area contributed by atoms with Gasteiger partial charge in [0.2, 0.25) is 0 Å². The molecule has 0 bridgehead atoms. The Morgan fingerprint density at radius 2 is 1.92 bits per heavy atom. The summed E-state index contributed by atoms with van der Waals surface area (Å²) in [5, 5.41) is 3.07. The lowest BCUT2D eigenvalue weighted by Crippen LogP contribution is -2.54. The van der Waals surface area contributed by atoms with Gasteiger partial charge in [-0.15, -0.1) is 0 Å². The Bertz CT molecular complexity index is 854. The number of nitrogens with zero attached hydrogens (tertiary/aromatic N) is 1. The number of halogens is 1. The largest absolute Gasteiger partial charge is 0.465 e. The molecule has 2 heterocycles. The zero-order valence-corrected chi connectivity index (χ0v) is 13.8. The van der Waals surface area contributed by atoms with Crippen molar-refractivity contribution in [2.45, 2.75) is 0 Å². The highest BCUT2D eigenvalue weighted by atomic mass is 35.5. The molecule has 7 heteroatoms. The van der Waals surface area contributed by atoms with Gasteiger partial charge in [-0.25, -0.2) is 0 Å². The van der Waals surface area contributed by atoms with Gasteiger partial charge in [0, 0.05) is 5.02 Å². The van der Waals surface area contributed by atoms with Gasteiger partial charge in [0.1, 0.15) is 11.3 Å². The lowest BCUT2D eigenvalue weighted by molar-refractivity contribution is -0.122. The van der Waals surface area contributed by atoms with Crippen molar-refractivity contribution in [2.75, 3.05) is 4.90 Å². The molecule has 24 heavy (non-hydrogen) atoms. The monoisotopic (exact) mass is 358 g/mol. The van der Waals surface area contributed by atoms with Gasteiger partial charge in [0.05, 0.1) is 12.0 Å². The van der Waals surface area contributed by atoms with E-state index >= 15 is 0 Å². The fraction of sp³-hybridized carbons (Fsp3) is 0. The lowest BCUT2D eigenvalue weighted by Gasteiger charge is -2.28. The van der Waals surface area contributed by atoms with Gasteiger partial charge in [0.15, 0.2) is 5.11 Å².